The lowest BCUT2D eigenvalue weighted by atomic mass is 10.1. The molecule has 0 N–H and O–H groups in total. The van der Waals surface area contributed by atoms with Crippen molar-refractivity contribution in [2.75, 3.05) is 39.8 Å². The van der Waals surface area contributed by atoms with Crippen molar-refractivity contribution in [3.05, 3.63) is 54.5 Å². The van der Waals surface area contributed by atoms with Crippen LogP contribution >= 0.6 is 0 Å². The van der Waals surface area contributed by atoms with E-state index < -0.39 is 0 Å². The fourth-order valence-electron chi connectivity index (χ4n) is 4.04. The van der Waals surface area contributed by atoms with Gasteiger partial charge in [-0.15, -0.1) is 0 Å². The molecule has 0 bridgehead atoms. The van der Waals surface area contributed by atoms with Gasteiger partial charge < -0.3 is 19.3 Å². The lowest BCUT2D eigenvalue weighted by molar-refractivity contribution is 0.388. The summed E-state index contributed by atoms with van der Waals surface area (Å²) < 4.78 is 12.9. The van der Waals surface area contributed by atoms with Crippen LogP contribution in [0.1, 0.15) is 19.0 Å². The number of aromatic nitrogens is 4. The molecule has 0 amide bonds. The molecular weight excluding hydrogens is 428 g/mol. The molecule has 0 spiro atoms. The van der Waals surface area contributed by atoms with Crippen LogP contribution in [0, 0.1) is 0 Å². The van der Waals surface area contributed by atoms with Crippen LogP contribution < -0.4 is 14.4 Å². The number of hydrogen-bond acceptors (Lipinski definition) is 7. The van der Waals surface area contributed by atoms with Crippen molar-refractivity contribution >= 4 is 22.4 Å². The van der Waals surface area contributed by atoms with Gasteiger partial charge in [0.2, 0.25) is 0 Å². The molecule has 2 aromatic carbocycles. The summed E-state index contributed by atoms with van der Waals surface area (Å²) in [5.41, 5.74) is 6.65. The van der Waals surface area contributed by atoms with Crippen molar-refractivity contribution in [2.24, 2.45) is 7.05 Å². The summed E-state index contributed by atoms with van der Waals surface area (Å²) in [6.45, 7) is 3.77. The molecule has 0 saturated carbocycles. The SMILES string of the molecule is CCCN(c1cc(OC)cc(OC)c1)c1ccc2ncc(-c3cnn(C)c3CN(C)C)nc2c1. The molecule has 0 saturated heterocycles. The standard InChI is InChI=1S/C26H32N6O2/c1-7-10-32(19-11-20(33-5)14-21(12-19)34-6)18-8-9-23-24(13-18)29-25(16-27-23)22-15-28-31(4)26(22)17-30(2)3/h8-9,11-16H,7,10,17H2,1-6H3. The third kappa shape index (κ3) is 4.82. The summed E-state index contributed by atoms with van der Waals surface area (Å²) in [4.78, 5) is 14.0. The number of hydrogen-bond donors (Lipinski definition) is 0. The topological polar surface area (TPSA) is 68.5 Å². The first-order valence-corrected chi connectivity index (χ1v) is 11.4. The quantitative estimate of drug-likeness (QED) is 0.360. The third-order valence-corrected chi connectivity index (χ3v) is 5.74. The average Bonchev–Trinajstić information content (AvgIpc) is 3.20. The molecular formula is C26H32N6O2. The van der Waals surface area contributed by atoms with Crippen molar-refractivity contribution in [1.29, 1.82) is 0 Å². The summed E-state index contributed by atoms with van der Waals surface area (Å²) >= 11 is 0. The van der Waals surface area contributed by atoms with E-state index in [-0.39, 0.29) is 0 Å². The van der Waals surface area contributed by atoms with Crippen molar-refractivity contribution in [2.45, 2.75) is 19.9 Å². The monoisotopic (exact) mass is 460 g/mol. The van der Waals surface area contributed by atoms with Crippen LogP contribution in [0.4, 0.5) is 11.4 Å². The number of aryl methyl sites for hydroxylation is 1. The molecule has 178 valence electrons. The van der Waals surface area contributed by atoms with E-state index in [0.717, 1.165) is 70.4 Å². The van der Waals surface area contributed by atoms with E-state index in [1.54, 1.807) is 14.2 Å². The van der Waals surface area contributed by atoms with Crippen molar-refractivity contribution in [1.82, 2.24) is 24.6 Å². The molecule has 0 aliphatic rings. The highest BCUT2D eigenvalue weighted by Crippen LogP contribution is 2.34. The van der Waals surface area contributed by atoms with Gasteiger partial charge in [-0.2, -0.15) is 5.10 Å². The predicted molar refractivity (Wildman–Crippen MR) is 136 cm³/mol. The van der Waals surface area contributed by atoms with E-state index in [9.17, 15) is 0 Å². The molecule has 8 nitrogen and oxygen atoms in total. The molecule has 34 heavy (non-hydrogen) atoms. The summed E-state index contributed by atoms with van der Waals surface area (Å²) in [6.07, 6.45) is 4.67. The van der Waals surface area contributed by atoms with Gasteiger partial charge in [0.1, 0.15) is 11.5 Å². The Morgan fingerprint density at radius 2 is 1.65 bits per heavy atom. The van der Waals surface area contributed by atoms with E-state index in [0.29, 0.717) is 0 Å². The van der Waals surface area contributed by atoms with Crippen LogP contribution in [-0.4, -0.2) is 59.5 Å². The van der Waals surface area contributed by atoms with Gasteiger partial charge in [0.05, 0.1) is 49.0 Å². The smallest absolute Gasteiger partial charge is 0.124 e. The van der Waals surface area contributed by atoms with Gasteiger partial charge in [-0.3, -0.25) is 9.67 Å². The van der Waals surface area contributed by atoms with Gasteiger partial charge in [0.15, 0.2) is 0 Å². The minimum atomic E-state index is 0.753. The maximum Gasteiger partial charge on any atom is 0.124 e. The molecule has 0 aliphatic carbocycles. The Bertz CT molecular complexity index is 1260. The van der Waals surface area contributed by atoms with Crippen LogP contribution in [0.15, 0.2) is 48.8 Å². The number of benzene rings is 2. The van der Waals surface area contributed by atoms with Crippen molar-refractivity contribution in [3.8, 4) is 22.8 Å². The van der Waals surface area contributed by atoms with Gasteiger partial charge in [-0.05, 0) is 38.7 Å². The molecule has 0 atom stereocenters. The molecule has 2 heterocycles. The van der Waals surface area contributed by atoms with E-state index in [1.807, 2.05) is 62.5 Å². The van der Waals surface area contributed by atoms with Crippen LogP contribution in [-0.2, 0) is 13.6 Å². The molecule has 8 heteroatoms. The Kier molecular flexibility index (Phi) is 6.98. The van der Waals surface area contributed by atoms with Gasteiger partial charge in [0, 0.05) is 55.3 Å². The Morgan fingerprint density at radius 1 is 0.912 bits per heavy atom. The Balaban J connectivity index is 1.78. The fourth-order valence-corrected chi connectivity index (χ4v) is 4.04. The summed E-state index contributed by atoms with van der Waals surface area (Å²) in [5.74, 6) is 1.51. The van der Waals surface area contributed by atoms with Crippen LogP contribution in [0.25, 0.3) is 22.3 Å². The summed E-state index contributed by atoms with van der Waals surface area (Å²) in [5, 5.41) is 4.46. The number of nitrogens with zero attached hydrogens (tertiary/aromatic N) is 6. The normalized spacial score (nSPS) is 11.3. The van der Waals surface area contributed by atoms with Crippen LogP contribution in [0.2, 0.25) is 0 Å². The number of methoxy groups -OCH3 is 2. The van der Waals surface area contributed by atoms with Crippen LogP contribution in [0.3, 0.4) is 0 Å². The predicted octanol–water partition coefficient (Wildman–Crippen LogP) is 4.66. The third-order valence-electron chi connectivity index (χ3n) is 5.74. The van der Waals surface area contributed by atoms with Gasteiger partial charge in [-0.1, -0.05) is 6.92 Å². The van der Waals surface area contributed by atoms with E-state index in [4.69, 9.17) is 14.5 Å². The molecule has 4 rings (SSSR count). The highest BCUT2D eigenvalue weighted by Gasteiger charge is 2.16. The zero-order valence-electron chi connectivity index (χ0n) is 20.7. The molecule has 0 radical (unpaired) electrons. The zero-order chi connectivity index (χ0) is 24.2. The van der Waals surface area contributed by atoms with Crippen LogP contribution in [0.5, 0.6) is 11.5 Å². The largest absolute Gasteiger partial charge is 0.497 e. The molecule has 0 aliphatic heterocycles. The van der Waals surface area contributed by atoms with Gasteiger partial charge >= 0.3 is 0 Å². The average molecular weight is 461 g/mol. The zero-order valence-corrected chi connectivity index (χ0v) is 20.7. The highest BCUT2D eigenvalue weighted by molar-refractivity contribution is 5.83. The maximum absolute atomic E-state index is 5.50. The van der Waals surface area contributed by atoms with Gasteiger partial charge in [0.25, 0.3) is 0 Å². The fraction of sp³-hybridized carbons (Fsp3) is 0.346. The van der Waals surface area contributed by atoms with Crippen molar-refractivity contribution < 1.29 is 9.47 Å². The second-order valence-corrected chi connectivity index (χ2v) is 8.52. The summed E-state index contributed by atoms with van der Waals surface area (Å²) in [7, 11) is 9.38. The Labute approximate surface area is 200 Å². The van der Waals surface area contributed by atoms with E-state index in [1.165, 1.54) is 0 Å². The lowest BCUT2D eigenvalue weighted by Crippen LogP contribution is -2.18. The lowest BCUT2D eigenvalue weighted by Gasteiger charge is -2.25. The minimum absolute atomic E-state index is 0.753. The highest BCUT2D eigenvalue weighted by atomic mass is 16.5. The number of rotatable bonds is 9. The first-order chi connectivity index (χ1) is 16.4. The number of anilines is 2. The number of ether oxygens (including phenoxy) is 2. The second-order valence-electron chi connectivity index (χ2n) is 8.52. The molecule has 4 aromatic rings. The van der Waals surface area contributed by atoms with Gasteiger partial charge in [-0.25, -0.2) is 4.98 Å². The number of fused-ring (bicyclic) bond motifs is 1. The minimum Gasteiger partial charge on any atom is -0.497 e. The van der Waals surface area contributed by atoms with Crippen molar-refractivity contribution in [3.63, 3.8) is 0 Å². The first kappa shape index (κ1) is 23.5. The van der Waals surface area contributed by atoms with E-state index >= 15 is 0 Å². The Morgan fingerprint density at radius 3 is 2.29 bits per heavy atom. The molecule has 0 unspecified atom stereocenters. The molecule has 0 fully saturated rings. The molecule has 2 aromatic heterocycles. The second kappa shape index (κ2) is 10.1. The maximum atomic E-state index is 5.50. The first-order valence-electron chi connectivity index (χ1n) is 11.4. The summed E-state index contributed by atoms with van der Waals surface area (Å²) in [6, 6.07) is 12.1. The Hall–Kier alpha value is -3.65. The van der Waals surface area contributed by atoms with E-state index in [2.05, 4.69) is 38.9 Å².